The van der Waals surface area contributed by atoms with Crippen LogP contribution in [0, 0.1) is 24.3 Å². The minimum Gasteiger partial charge on any atom is -0.184 e. The van der Waals surface area contributed by atoms with Crippen molar-refractivity contribution in [2.24, 2.45) is 0 Å². The van der Waals surface area contributed by atoms with Crippen molar-refractivity contribution in [1.29, 1.82) is 0 Å². The van der Waals surface area contributed by atoms with Gasteiger partial charge >= 0.3 is 0 Å². The summed E-state index contributed by atoms with van der Waals surface area (Å²) in [5.74, 6) is 0. The zero-order chi connectivity index (χ0) is 17.0. The molecule has 0 N–H and O–H groups in total. The van der Waals surface area contributed by atoms with Gasteiger partial charge in [-0.2, -0.15) is 146 Å². The first kappa shape index (κ1) is 22.4. The molecule has 0 heterocycles. The van der Waals surface area contributed by atoms with Crippen LogP contribution in [0.5, 0.6) is 0 Å². The molecule has 0 aliphatic heterocycles. The van der Waals surface area contributed by atoms with Gasteiger partial charge in [-0.1, -0.05) is 0 Å². The largest absolute Gasteiger partial charge is 0.184 e. The van der Waals surface area contributed by atoms with E-state index in [0.717, 1.165) is 0 Å². The van der Waals surface area contributed by atoms with Crippen molar-refractivity contribution >= 4 is 0 Å². The summed E-state index contributed by atoms with van der Waals surface area (Å²) in [5.41, 5.74) is 0. The van der Waals surface area contributed by atoms with E-state index < -0.39 is 0 Å². The van der Waals surface area contributed by atoms with Crippen molar-refractivity contribution in [3.8, 4) is 0 Å². The molecular weight excluding hydrogens is 352 g/mol. The summed E-state index contributed by atoms with van der Waals surface area (Å²) in [6.07, 6.45) is 0. The Kier molecular flexibility index (Phi) is 17.4. The number of hydrogen-bond donors (Lipinski definition) is 0. The molecule has 0 fully saturated rings. The van der Waals surface area contributed by atoms with Crippen LogP contribution in [0.4, 0.5) is 0 Å². The molecule has 0 aliphatic rings. The summed E-state index contributed by atoms with van der Waals surface area (Å²) in [4.78, 5) is 0. The Morgan fingerprint density at radius 3 is 0.440 bits per heavy atom. The molecule has 0 bridgehead atoms. The van der Waals surface area contributed by atoms with Crippen LogP contribution in [-0.2, 0) is 17.1 Å². The predicted molar refractivity (Wildman–Crippen MR) is 101 cm³/mol. The first-order valence-corrected chi connectivity index (χ1v) is 7.64. The third-order valence-corrected chi connectivity index (χ3v) is 2.43. The molecule has 25 heavy (non-hydrogen) atoms. The third kappa shape index (κ3) is 17.6. The molecule has 0 saturated carbocycles. The Labute approximate surface area is 162 Å². The average molecular weight is 372 g/mol. The van der Waals surface area contributed by atoms with Gasteiger partial charge in [0.25, 0.3) is 0 Å². The van der Waals surface area contributed by atoms with E-state index in [4.69, 9.17) is 0 Å². The molecule has 0 saturated heterocycles. The standard InChI is InChI=1S/4C6H5.Cu/c4*1-2-4-6-5-3-1;/h4*1-5H;/q4*-1;. The first-order chi connectivity index (χ1) is 12.0. The van der Waals surface area contributed by atoms with Gasteiger partial charge in [0.15, 0.2) is 0 Å². The molecule has 4 rings (SSSR count). The summed E-state index contributed by atoms with van der Waals surface area (Å²) < 4.78 is 0. The van der Waals surface area contributed by atoms with E-state index in [9.17, 15) is 0 Å². The summed E-state index contributed by atoms with van der Waals surface area (Å²) in [6, 6.07) is 50.0. The van der Waals surface area contributed by atoms with Gasteiger partial charge in [0.05, 0.1) is 0 Å². The van der Waals surface area contributed by atoms with Gasteiger partial charge in [0.1, 0.15) is 0 Å². The molecule has 0 unspecified atom stereocenters. The van der Waals surface area contributed by atoms with Crippen LogP contribution in [0.2, 0.25) is 0 Å². The molecular formula is C24H20Cu-4. The van der Waals surface area contributed by atoms with Gasteiger partial charge in [-0.05, 0) is 0 Å². The van der Waals surface area contributed by atoms with Crippen LogP contribution in [0.15, 0.2) is 121 Å². The quantitative estimate of drug-likeness (QED) is 0.265. The maximum Gasteiger partial charge on any atom is 0 e. The van der Waals surface area contributed by atoms with Gasteiger partial charge in [-0.25, -0.2) is 0 Å². The molecule has 4 aromatic rings. The normalized spacial score (nSPS) is 7.68. The van der Waals surface area contributed by atoms with Gasteiger partial charge < -0.3 is 0 Å². The molecule has 0 amide bonds. The molecule has 0 aromatic heterocycles. The topological polar surface area (TPSA) is 0 Å². The molecule has 0 nitrogen and oxygen atoms in total. The fourth-order valence-electron chi connectivity index (χ4n) is 1.37. The second-order valence-electron chi connectivity index (χ2n) is 4.31. The van der Waals surface area contributed by atoms with Crippen LogP contribution in [0.1, 0.15) is 0 Å². The van der Waals surface area contributed by atoms with Crippen LogP contribution in [-0.4, -0.2) is 0 Å². The number of hydrogen-bond acceptors (Lipinski definition) is 0. The third-order valence-electron chi connectivity index (χ3n) is 2.43. The van der Waals surface area contributed by atoms with Gasteiger partial charge in [0, 0.05) is 17.1 Å². The Hall–Kier alpha value is -2.60. The summed E-state index contributed by atoms with van der Waals surface area (Å²) in [5, 5.41) is 0. The minimum atomic E-state index is 0. The first-order valence-electron chi connectivity index (χ1n) is 7.64. The van der Waals surface area contributed by atoms with E-state index in [1.54, 1.807) is 0 Å². The SMILES string of the molecule is [Cu].[c-]1ccccc1.[c-]1ccccc1.[c-]1ccccc1.[c-]1ccccc1. The van der Waals surface area contributed by atoms with Crippen LogP contribution < -0.4 is 0 Å². The Balaban J connectivity index is 0.000000303. The van der Waals surface area contributed by atoms with E-state index in [1.807, 2.05) is 121 Å². The number of benzene rings is 4. The molecule has 1 heteroatoms. The van der Waals surface area contributed by atoms with E-state index in [1.165, 1.54) is 0 Å². The van der Waals surface area contributed by atoms with E-state index in [-0.39, 0.29) is 17.1 Å². The van der Waals surface area contributed by atoms with E-state index in [2.05, 4.69) is 24.3 Å². The van der Waals surface area contributed by atoms with E-state index >= 15 is 0 Å². The molecule has 1 radical (unpaired) electrons. The second-order valence-corrected chi connectivity index (χ2v) is 4.31. The summed E-state index contributed by atoms with van der Waals surface area (Å²) in [6.45, 7) is 0. The fourth-order valence-corrected chi connectivity index (χ4v) is 1.37. The van der Waals surface area contributed by atoms with Gasteiger partial charge in [-0.3, -0.25) is 0 Å². The van der Waals surface area contributed by atoms with Crippen molar-refractivity contribution in [3.05, 3.63) is 146 Å². The minimum absolute atomic E-state index is 0. The Morgan fingerprint density at radius 2 is 0.400 bits per heavy atom. The van der Waals surface area contributed by atoms with Crippen molar-refractivity contribution in [2.45, 2.75) is 0 Å². The Morgan fingerprint density at radius 1 is 0.240 bits per heavy atom. The monoisotopic (exact) mass is 371 g/mol. The van der Waals surface area contributed by atoms with Crippen LogP contribution in [0.25, 0.3) is 0 Å². The summed E-state index contributed by atoms with van der Waals surface area (Å²) >= 11 is 0. The Bertz CT molecular complexity index is 420. The van der Waals surface area contributed by atoms with Gasteiger partial charge in [-0.15, -0.1) is 0 Å². The maximum atomic E-state index is 2.89. The van der Waals surface area contributed by atoms with Crippen molar-refractivity contribution in [3.63, 3.8) is 0 Å². The molecule has 4 aromatic carbocycles. The zero-order valence-electron chi connectivity index (χ0n) is 13.8. The van der Waals surface area contributed by atoms with E-state index in [0.29, 0.717) is 0 Å². The molecule has 131 valence electrons. The van der Waals surface area contributed by atoms with Crippen molar-refractivity contribution in [1.82, 2.24) is 0 Å². The van der Waals surface area contributed by atoms with Crippen LogP contribution in [0.3, 0.4) is 0 Å². The average Bonchev–Trinajstić information content (AvgIpc) is 2.75. The zero-order valence-corrected chi connectivity index (χ0v) is 14.8. The second kappa shape index (κ2) is 19.4. The molecule has 0 aliphatic carbocycles. The number of rotatable bonds is 0. The van der Waals surface area contributed by atoms with Crippen molar-refractivity contribution in [2.75, 3.05) is 0 Å². The van der Waals surface area contributed by atoms with Crippen LogP contribution >= 0.6 is 0 Å². The predicted octanol–water partition coefficient (Wildman–Crippen LogP) is 5.94. The van der Waals surface area contributed by atoms with Gasteiger partial charge in [0.2, 0.25) is 0 Å². The maximum absolute atomic E-state index is 2.89. The molecule has 0 spiro atoms. The van der Waals surface area contributed by atoms with Crippen molar-refractivity contribution < 1.29 is 17.1 Å². The molecule has 0 atom stereocenters. The fraction of sp³-hybridized carbons (Fsp3) is 0. The smallest absolute Gasteiger partial charge is 0 e. The summed E-state index contributed by atoms with van der Waals surface area (Å²) in [7, 11) is 0.